The van der Waals surface area contributed by atoms with Crippen molar-refractivity contribution in [2.24, 2.45) is 5.92 Å². The van der Waals surface area contributed by atoms with E-state index in [4.69, 9.17) is 4.74 Å². The SMILES string of the molecule is CCCCC(CC)C(=O)NNC(=O)C(C)Oc1cccc(C)c1C. The largest absolute Gasteiger partial charge is 0.481 e. The standard InChI is InChI=1S/C19H30N2O3/c1-6-8-11-16(7-2)19(23)21-20-18(22)15(5)24-17-12-9-10-13(3)14(17)4/h9-10,12,15-16H,6-8,11H2,1-5H3,(H,20,22)(H,21,23). The topological polar surface area (TPSA) is 67.4 Å². The number of unbranched alkanes of at least 4 members (excludes halogenated alkanes) is 1. The number of hydrazine groups is 1. The summed E-state index contributed by atoms with van der Waals surface area (Å²) in [6.45, 7) is 9.69. The first-order chi connectivity index (χ1) is 11.4. The molecule has 0 heterocycles. The average molecular weight is 334 g/mol. The van der Waals surface area contributed by atoms with Crippen molar-refractivity contribution in [1.82, 2.24) is 10.9 Å². The van der Waals surface area contributed by atoms with Gasteiger partial charge in [0.2, 0.25) is 5.91 Å². The number of aryl methyl sites for hydroxylation is 1. The van der Waals surface area contributed by atoms with Crippen molar-refractivity contribution in [3.05, 3.63) is 29.3 Å². The minimum absolute atomic E-state index is 0.0690. The molecular weight excluding hydrogens is 304 g/mol. The summed E-state index contributed by atoms with van der Waals surface area (Å²) >= 11 is 0. The molecule has 2 atom stereocenters. The molecule has 2 unspecified atom stereocenters. The third-order valence-corrected chi connectivity index (χ3v) is 4.31. The molecule has 0 saturated carbocycles. The maximum atomic E-state index is 12.1. The first-order valence-electron chi connectivity index (χ1n) is 8.73. The van der Waals surface area contributed by atoms with E-state index in [1.165, 1.54) is 0 Å². The number of rotatable bonds is 8. The van der Waals surface area contributed by atoms with Gasteiger partial charge in [-0.05, 0) is 50.8 Å². The number of hydrogen-bond donors (Lipinski definition) is 2. The Morgan fingerprint density at radius 1 is 1.12 bits per heavy atom. The van der Waals surface area contributed by atoms with Gasteiger partial charge < -0.3 is 4.74 Å². The summed E-state index contributed by atoms with van der Waals surface area (Å²) in [5, 5.41) is 0. The predicted octanol–water partition coefficient (Wildman–Crippen LogP) is 3.43. The molecule has 24 heavy (non-hydrogen) atoms. The lowest BCUT2D eigenvalue weighted by atomic mass is 9.99. The molecule has 0 fully saturated rings. The van der Waals surface area contributed by atoms with E-state index in [0.29, 0.717) is 5.75 Å². The lowest BCUT2D eigenvalue weighted by Gasteiger charge is -2.19. The van der Waals surface area contributed by atoms with E-state index in [9.17, 15) is 9.59 Å². The van der Waals surface area contributed by atoms with Gasteiger partial charge in [0.05, 0.1) is 0 Å². The fraction of sp³-hybridized carbons (Fsp3) is 0.579. The highest BCUT2D eigenvalue weighted by Crippen LogP contribution is 2.21. The molecule has 0 aliphatic heterocycles. The van der Waals surface area contributed by atoms with E-state index in [0.717, 1.165) is 36.8 Å². The lowest BCUT2D eigenvalue weighted by molar-refractivity contribution is -0.134. The molecule has 2 N–H and O–H groups in total. The van der Waals surface area contributed by atoms with Gasteiger partial charge in [-0.2, -0.15) is 0 Å². The highest BCUT2D eigenvalue weighted by atomic mass is 16.5. The maximum absolute atomic E-state index is 12.1. The van der Waals surface area contributed by atoms with Crippen molar-refractivity contribution >= 4 is 11.8 Å². The van der Waals surface area contributed by atoms with Crippen LogP contribution in [0.15, 0.2) is 18.2 Å². The molecule has 5 heteroatoms. The summed E-state index contributed by atoms with van der Waals surface area (Å²) in [7, 11) is 0. The van der Waals surface area contributed by atoms with Crippen LogP contribution in [0, 0.1) is 19.8 Å². The zero-order chi connectivity index (χ0) is 18.1. The van der Waals surface area contributed by atoms with E-state index in [1.807, 2.05) is 39.0 Å². The van der Waals surface area contributed by atoms with Crippen LogP contribution in [0.4, 0.5) is 0 Å². The minimum atomic E-state index is -0.693. The molecule has 0 saturated heterocycles. The van der Waals surface area contributed by atoms with Gasteiger partial charge in [0.15, 0.2) is 6.10 Å². The van der Waals surface area contributed by atoms with Crippen LogP contribution in [0.2, 0.25) is 0 Å². The third-order valence-electron chi connectivity index (χ3n) is 4.31. The minimum Gasteiger partial charge on any atom is -0.481 e. The number of hydrogen-bond acceptors (Lipinski definition) is 3. The van der Waals surface area contributed by atoms with Crippen molar-refractivity contribution in [3.8, 4) is 5.75 Å². The highest BCUT2D eigenvalue weighted by molar-refractivity contribution is 5.85. The van der Waals surface area contributed by atoms with Crippen molar-refractivity contribution in [1.29, 1.82) is 0 Å². The second-order valence-electron chi connectivity index (χ2n) is 6.18. The Bertz CT molecular complexity index is 558. The molecule has 0 aromatic heterocycles. The van der Waals surface area contributed by atoms with Crippen LogP contribution in [-0.2, 0) is 9.59 Å². The number of carbonyl (C=O) groups is 2. The summed E-state index contributed by atoms with van der Waals surface area (Å²) < 4.78 is 5.71. The quantitative estimate of drug-likeness (QED) is 0.716. The average Bonchev–Trinajstić information content (AvgIpc) is 2.57. The van der Waals surface area contributed by atoms with Gasteiger partial charge in [0.25, 0.3) is 5.91 Å². The molecule has 1 aromatic rings. The van der Waals surface area contributed by atoms with Crippen molar-refractivity contribution in [3.63, 3.8) is 0 Å². The summed E-state index contributed by atoms with van der Waals surface area (Å²) in [5.74, 6) is 0.103. The Morgan fingerprint density at radius 3 is 2.42 bits per heavy atom. The normalized spacial score (nSPS) is 13.0. The Kier molecular flexibility index (Phi) is 8.30. The molecule has 0 aliphatic rings. The van der Waals surface area contributed by atoms with Crippen LogP contribution >= 0.6 is 0 Å². The molecule has 2 amide bonds. The number of amides is 2. The first kappa shape index (κ1) is 20.0. The van der Waals surface area contributed by atoms with Crippen molar-refractivity contribution in [2.45, 2.75) is 66.4 Å². The Balaban J connectivity index is 2.52. The fourth-order valence-corrected chi connectivity index (χ4v) is 2.39. The summed E-state index contributed by atoms with van der Waals surface area (Å²) in [4.78, 5) is 24.2. The lowest BCUT2D eigenvalue weighted by Crippen LogP contribution is -2.49. The predicted molar refractivity (Wildman–Crippen MR) is 95.6 cm³/mol. The Hall–Kier alpha value is -2.04. The summed E-state index contributed by atoms with van der Waals surface area (Å²) in [5.41, 5.74) is 7.09. The monoisotopic (exact) mass is 334 g/mol. The molecular formula is C19H30N2O3. The Morgan fingerprint density at radius 2 is 1.79 bits per heavy atom. The second-order valence-corrected chi connectivity index (χ2v) is 6.18. The van der Waals surface area contributed by atoms with Gasteiger partial charge in [-0.3, -0.25) is 20.4 Å². The van der Waals surface area contributed by atoms with Crippen LogP contribution in [0.25, 0.3) is 0 Å². The number of nitrogens with one attached hydrogen (secondary N) is 2. The van der Waals surface area contributed by atoms with Gasteiger partial charge >= 0.3 is 0 Å². The second kappa shape index (κ2) is 9.96. The number of ether oxygens (including phenoxy) is 1. The molecule has 0 spiro atoms. The van der Waals surface area contributed by atoms with Crippen LogP contribution in [0.3, 0.4) is 0 Å². The zero-order valence-electron chi connectivity index (χ0n) is 15.4. The van der Waals surface area contributed by atoms with E-state index in [2.05, 4.69) is 17.8 Å². The Labute approximate surface area is 145 Å². The highest BCUT2D eigenvalue weighted by Gasteiger charge is 2.19. The maximum Gasteiger partial charge on any atom is 0.279 e. The van der Waals surface area contributed by atoms with Gasteiger partial charge in [-0.1, -0.05) is 38.8 Å². The van der Waals surface area contributed by atoms with E-state index in [1.54, 1.807) is 6.92 Å². The van der Waals surface area contributed by atoms with Crippen molar-refractivity contribution < 1.29 is 14.3 Å². The van der Waals surface area contributed by atoms with E-state index >= 15 is 0 Å². The van der Waals surface area contributed by atoms with Crippen molar-refractivity contribution in [2.75, 3.05) is 0 Å². The summed E-state index contributed by atoms with van der Waals surface area (Å²) in [6.07, 6.45) is 2.96. The third kappa shape index (κ3) is 5.87. The van der Waals surface area contributed by atoms with Crippen LogP contribution in [0.1, 0.15) is 57.6 Å². The van der Waals surface area contributed by atoms with Crippen LogP contribution < -0.4 is 15.6 Å². The fourth-order valence-electron chi connectivity index (χ4n) is 2.39. The molecule has 1 rings (SSSR count). The number of benzene rings is 1. The first-order valence-corrected chi connectivity index (χ1v) is 8.73. The smallest absolute Gasteiger partial charge is 0.279 e. The van der Waals surface area contributed by atoms with Gasteiger partial charge in [-0.15, -0.1) is 0 Å². The number of carbonyl (C=O) groups excluding carboxylic acids is 2. The molecule has 0 aliphatic carbocycles. The zero-order valence-corrected chi connectivity index (χ0v) is 15.4. The molecule has 1 aromatic carbocycles. The van der Waals surface area contributed by atoms with Gasteiger partial charge in [0.1, 0.15) is 5.75 Å². The molecule has 134 valence electrons. The van der Waals surface area contributed by atoms with Crippen LogP contribution in [-0.4, -0.2) is 17.9 Å². The van der Waals surface area contributed by atoms with Gasteiger partial charge in [0, 0.05) is 5.92 Å². The van der Waals surface area contributed by atoms with E-state index in [-0.39, 0.29) is 17.7 Å². The summed E-state index contributed by atoms with van der Waals surface area (Å²) in [6, 6.07) is 5.72. The van der Waals surface area contributed by atoms with E-state index < -0.39 is 6.10 Å². The molecule has 0 radical (unpaired) electrons. The molecule has 5 nitrogen and oxygen atoms in total. The molecule has 0 bridgehead atoms. The van der Waals surface area contributed by atoms with Crippen LogP contribution in [0.5, 0.6) is 5.75 Å². The van der Waals surface area contributed by atoms with Gasteiger partial charge in [-0.25, -0.2) is 0 Å².